The normalized spacial score (nSPS) is 18.9. The van der Waals surface area contributed by atoms with Gasteiger partial charge in [0, 0.05) is 43.4 Å². The van der Waals surface area contributed by atoms with Gasteiger partial charge in [-0.15, -0.1) is 0 Å². The molecule has 7 heteroatoms. The Hall–Kier alpha value is -2.15. The zero-order chi connectivity index (χ0) is 18.9. The van der Waals surface area contributed by atoms with Crippen molar-refractivity contribution in [3.05, 3.63) is 52.8 Å². The largest absolute Gasteiger partial charge is 0.416 e. The number of nitrogens with zero attached hydrogens (tertiary/aromatic N) is 3. The molecule has 0 unspecified atom stereocenters. The van der Waals surface area contributed by atoms with Crippen LogP contribution in [-0.4, -0.2) is 33.6 Å². The second-order valence-corrected chi connectivity index (χ2v) is 6.93. The number of ketones is 1. The second kappa shape index (κ2) is 7.23. The van der Waals surface area contributed by atoms with E-state index in [2.05, 4.69) is 10.00 Å². The predicted molar refractivity (Wildman–Crippen MR) is 91.7 cm³/mol. The maximum absolute atomic E-state index is 12.7. The summed E-state index contributed by atoms with van der Waals surface area (Å²) in [6.07, 6.45) is -0.736. The molecule has 140 valence electrons. The first-order chi connectivity index (χ1) is 12.2. The van der Waals surface area contributed by atoms with E-state index in [0.29, 0.717) is 12.1 Å². The van der Waals surface area contributed by atoms with Crippen LogP contribution in [0.2, 0.25) is 0 Å². The third-order valence-electron chi connectivity index (χ3n) is 4.88. The molecule has 0 amide bonds. The topological polar surface area (TPSA) is 38.1 Å². The van der Waals surface area contributed by atoms with Crippen molar-refractivity contribution in [2.75, 3.05) is 13.1 Å². The van der Waals surface area contributed by atoms with Gasteiger partial charge in [-0.05, 0) is 38.4 Å². The van der Waals surface area contributed by atoms with Crippen LogP contribution < -0.4 is 0 Å². The number of carbonyl (C=O) groups is 1. The van der Waals surface area contributed by atoms with Gasteiger partial charge in [0.15, 0.2) is 5.78 Å². The number of aromatic nitrogens is 2. The number of piperidine rings is 1. The van der Waals surface area contributed by atoms with Crippen molar-refractivity contribution in [1.82, 2.24) is 14.7 Å². The van der Waals surface area contributed by atoms with Gasteiger partial charge in [0.2, 0.25) is 0 Å². The summed E-state index contributed by atoms with van der Waals surface area (Å²) in [5.41, 5.74) is 1.73. The second-order valence-electron chi connectivity index (χ2n) is 6.93. The zero-order valence-electron chi connectivity index (χ0n) is 14.9. The van der Waals surface area contributed by atoms with Gasteiger partial charge in [-0.3, -0.25) is 14.4 Å². The number of benzene rings is 1. The van der Waals surface area contributed by atoms with E-state index in [9.17, 15) is 18.0 Å². The van der Waals surface area contributed by atoms with Gasteiger partial charge in [-0.25, -0.2) is 0 Å². The fourth-order valence-corrected chi connectivity index (χ4v) is 3.52. The molecule has 4 nitrogen and oxygen atoms in total. The van der Waals surface area contributed by atoms with Crippen LogP contribution in [-0.2, 0) is 19.8 Å². The molecule has 1 aliphatic heterocycles. The van der Waals surface area contributed by atoms with Crippen LogP contribution in [0, 0.1) is 12.8 Å². The molecule has 0 radical (unpaired) electrons. The zero-order valence-corrected chi connectivity index (χ0v) is 14.9. The quantitative estimate of drug-likeness (QED) is 0.773. The molecular formula is C19H22F3N3O. The third-order valence-corrected chi connectivity index (χ3v) is 4.88. The Morgan fingerprint density at radius 2 is 1.96 bits per heavy atom. The highest BCUT2D eigenvalue weighted by atomic mass is 19.4. The van der Waals surface area contributed by atoms with E-state index < -0.39 is 11.7 Å². The highest BCUT2D eigenvalue weighted by Gasteiger charge is 2.31. The van der Waals surface area contributed by atoms with Crippen LogP contribution in [0.5, 0.6) is 0 Å². The Labute approximate surface area is 150 Å². The van der Waals surface area contributed by atoms with E-state index in [0.717, 1.165) is 49.3 Å². The summed E-state index contributed by atoms with van der Waals surface area (Å²) >= 11 is 0. The molecule has 0 bridgehead atoms. The number of halogens is 3. The van der Waals surface area contributed by atoms with E-state index in [1.54, 1.807) is 4.68 Å². The molecule has 1 saturated heterocycles. The summed E-state index contributed by atoms with van der Waals surface area (Å²) < 4.78 is 39.8. The molecule has 0 N–H and O–H groups in total. The van der Waals surface area contributed by atoms with E-state index in [4.69, 9.17) is 0 Å². The lowest BCUT2D eigenvalue weighted by molar-refractivity contribution is -0.137. The van der Waals surface area contributed by atoms with E-state index >= 15 is 0 Å². The summed E-state index contributed by atoms with van der Waals surface area (Å²) in [7, 11) is 1.88. The average molecular weight is 365 g/mol. The van der Waals surface area contributed by atoms with E-state index in [1.165, 1.54) is 12.1 Å². The molecule has 26 heavy (non-hydrogen) atoms. The van der Waals surface area contributed by atoms with Crippen LogP contribution in [0.3, 0.4) is 0 Å². The maximum atomic E-state index is 12.7. The molecule has 1 aromatic carbocycles. The fraction of sp³-hybridized carbons (Fsp3) is 0.474. The Kier molecular flexibility index (Phi) is 5.18. The van der Waals surface area contributed by atoms with Gasteiger partial charge in [0.1, 0.15) is 0 Å². The summed E-state index contributed by atoms with van der Waals surface area (Å²) in [5.74, 6) is -0.260. The Morgan fingerprint density at radius 1 is 1.27 bits per heavy atom. The Bertz CT molecular complexity index is 780. The van der Waals surface area contributed by atoms with Crippen LogP contribution in [0.1, 0.15) is 40.0 Å². The minimum Gasteiger partial charge on any atom is -0.298 e. The van der Waals surface area contributed by atoms with Gasteiger partial charge in [-0.1, -0.05) is 12.1 Å². The van der Waals surface area contributed by atoms with Crippen LogP contribution in [0.25, 0.3) is 0 Å². The predicted octanol–water partition coefficient (Wildman–Crippen LogP) is 3.84. The van der Waals surface area contributed by atoms with Gasteiger partial charge in [0.25, 0.3) is 0 Å². The number of hydrogen-bond donors (Lipinski definition) is 0. The minimum absolute atomic E-state index is 0.0775. The van der Waals surface area contributed by atoms with Crippen molar-refractivity contribution in [2.45, 2.75) is 32.5 Å². The Morgan fingerprint density at radius 3 is 2.54 bits per heavy atom. The lowest BCUT2D eigenvalue weighted by Gasteiger charge is -2.31. The molecule has 2 aromatic rings. The van der Waals surface area contributed by atoms with Crippen molar-refractivity contribution >= 4 is 5.78 Å². The van der Waals surface area contributed by atoms with Crippen molar-refractivity contribution in [2.24, 2.45) is 13.0 Å². The van der Waals surface area contributed by atoms with E-state index in [-0.39, 0.29) is 11.7 Å². The molecule has 1 fully saturated rings. The van der Waals surface area contributed by atoms with Crippen molar-refractivity contribution < 1.29 is 18.0 Å². The van der Waals surface area contributed by atoms with Gasteiger partial charge in [-0.2, -0.15) is 18.3 Å². The molecule has 0 saturated carbocycles. The Balaban J connectivity index is 1.67. The standard InChI is InChI=1S/C19H22F3N3O/c1-13-16(10-24(2)23-13)12-25-9-3-4-15(11-25)18(26)14-5-7-17(8-6-14)19(20,21)22/h5-8,10,15H,3-4,9,11-12H2,1-2H3/t15-/m1/s1. The summed E-state index contributed by atoms with van der Waals surface area (Å²) in [4.78, 5) is 14.9. The number of Topliss-reactive ketones (excluding diaryl/α,β-unsaturated/α-hetero) is 1. The minimum atomic E-state index is -4.38. The van der Waals surface area contributed by atoms with Gasteiger partial charge >= 0.3 is 6.18 Å². The lowest BCUT2D eigenvalue weighted by Crippen LogP contribution is -2.38. The number of rotatable bonds is 4. The number of carbonyl (C=O) groups excluding carboxylic acids is 1. The van der Waals surface area contributed by atoms with Crippen molar-refractivity contribution in [1.29, 1.82) is 0 Å². The van der Waals surface area contributed by atoms with Crippen LogP contribution in [0.15, 0.2) is 30.5 Å². The lowest BCUT2D eigenvalue weighted by atomic mass is 9.89. The summed E-state index contributed by atoms with van der Waals surface area (Å²) in [5, 5.41) is 4.34. The van der Waals surface area contributed by atoms with E-state index in [1.807, 2.05) is 20.2 Å². The maximum Gasteiger partial charge on any atom is 0.416 e. The highest BCUT2D eigenvalue weighted by molar-refractivity contribution is 5.98. The van der Waals surface area contributed by atoms with Gasteiger partial charge < -0.3 is 0 Å². The molecule has 1 atom stereocenters. The molecule has 3 rings (SSSR count). The molecule has 1 aromatic heterocycles. The summed E-state index contributed by atoms with van der Waals surface area (Å²) in [6.45, 7) is 4.22. The number of aryl methyl sites for hydroxylation is 2. The smallest absolute Gasteiger partial charge is 0.298 e. The van der Waals surface area contributed by atoms with Crippen molar-refractivity contribution in [3.8, 4) is 0 Å². The molecule has 0 aliphatic carbocycles. The first-order valence-corrected chi connectivity index (χ1v) is 8.67. The number of alkyl halides is 3. The number of hydrogen-bond acceptors (Lipinski definition) is 3. The van der Waals surface area contributed by atoms with Gasteiger partial charge in [0.05, 0.1) is 11.3 Å². The number of likely N-dealkylation sites (tertiary alicyclic amines) is 1. The fourth-order valence-electron chi connectivity index (χ4n) is 3.52. The SMILES string of the molecule is Cc1nn(C)cc1CN1CCC[C@@H](C(=O)c2ccc(C(F)(F)F)cc2)C1. The first kappa shape index (κ1) is 18.6. The molecule has 1 aliphatic rings. The molecule has 0 spiro atoms. The molecular weight excluding hydrogens is 343 g/mol. The van der Waals surface area contributed by atoms with Crippen molar-refractivity contribution in [3.63, 3.8) is 0 Å². The highest BCUT2D eigenvalue weighted by Crippen LogP contribution is 2.30. The monoisotopic (exact) mass is 365 g/mol. The first-order valence-electron chi connectivity index (χ1n) is 8.67. The van der Waals surface area contributed by atoms with Crippen LogP contribution in [0.4, 0.5) is 13.2 Å². The van der Waals surface area contributed by atoms with Crippen LogP contribution >= 0.6 is 0 Å². The summed E-state index contributed by atoms with van der Waals surface area (Å²) in [6, 6.07) is 4.53. The third kappa shape index (κ3) is 4.15. The molecule has 2 heterocycles. The average Bonchev–Trinajstić information content (AvgIpc) is 2.91.